The molecule has 2 aliphatic heterocycles. The van der Waals surface area contributed by atoms with Gasteiger partial charge in [-0.05, 0) is 151 Å². The van der Waals surface area contributed by atoms with Crippen LogP contribution in [0, 0.1) is 6.92 Å². The van der Waals surface area contributed by atoms with E-state index in [0.29, 0.717) is 0 Å². The molecule has 0 N–H and O–H groups in total. The Bertz CT molecular complexity index is 2740. The van der Waals surface area contributed by atoms with Gasteiger partial charge in [0.15, 0.2) is 0 Å². The van der Waals surface area contributed by atoms with Crippen LogP contribution in [0.3, 0.4) is 0 Å². The zero-order valence-electron chi connectivity index (χ0n) is 39.2. The van der Waals surface area contributed by atoms with E-state index < -0.39 is 0 Å². The minimum Gasteiger partial charge on any atom is -0.311 e. The number of halogens is 1. The highest BCUT2D eigenvalue weighted by Crippen LogP contribution is 2.53. The number of hydrogen-bond acceptors (Lipinski definition) is 2. The topological polar surface area (TPSA) is 6.48 Å². The minimum absolute atomic E-state index is 0.00287. The summed E-state index contributed by atoms with van der Waals surface area (Å²) in [5, 5.41) is 0.751. The summed E-state index contributed by atoms with van der Waals surface area (Å²) in [6.45, 7) is 33.1. The molecule has 0 amide bonds. The van der Waals surface area contributed by atoms with Crippen LogP contribution < -0.4 is 26.2 Å². The summed E-state index contributed by atoms with van der Waals surface area (Å²) in [5.41, 5.74) is 21.9. The van der Waals surface area contributed by atoms with Crippen molar-refractivity contribution in [1.29, 1.82) is 0 Å². The first-order valence-corrected chi connectivity index (χ1v) is 22.9. The lowest BCUT2D eigenvalue weighted by atomic mass is 9.33. The maximum atomic E-state index is 7.07. The first-order chi connectivity index (χ1) is 28.5. The Morgan fingerprint density at radius 3 is 1.59 bits per heavy atom. The van der Waals surface area contributed by atoms with Crippen molar-refractivity contribution in [3.8, 4) is 11.1 Å². The van der Waals surface area contributed by atoms with Gasteiger partial charge in [0, 0.05) is 39.0 Å². The summed E-state index contributed by atoms with van der Waals surface area (Å²) >= 11 is 7.07. The van der Waals surface area contributed by atoms with Gasteiger partial charge in [-0.3, -0.25) is 0 Å². The van der Waals surface area contributed by atoms with Crippen LogP contribution in [0.4, 0.5) is 34.1 Å². The molecule has 0 radical (unpaired) electrons. The summed E-state index contributed by atoms with van der Waals surface area (Å²) in [6, 6.07) is 42.3. The molecule has 0 saturated carbocycles. The van der Waals surface area contributed by atoms with Gasteiger partial charge in [-0.2, -0.15) is 0 Å². The number of benzene rings is 6. The fourth-order valence-corrected chi connectivity index (χ4v) is 10.6. The van der Waals surface area contributed by atoms with Gasteiger partial charge in [-0.15, -0.1) is 0 Å². The number of rotatable bonds is 3. The molecule has 1 aliphatic carbocycles. The summed E-state index contributed by atoms with van der Waals surface area (Å²) < 4.78 is 0. The molecule has 0 spiro atoms. The van der Waals surface area contributed by atoms with E-state index in [9.17, 15) is 0 Å². The molecule has 312 valence electrons. The van der Waals surface area contributed by atoms with E-state index in [-0.39, 0.29) is 33.8 Å². The quantitative estimate of drug-likeness (QED) is 0.164. The molecule has 0 unspecified atom stereocenters. The van der Waals surface area contributed by atoms with Crippen molar-refractivity contribution >= 4 is 68.8 Å². The van der Waals surface area contributed by atoms with Crippen molar-refractivity contribution in [1.82, 2.24) is 0 Å². The number of fused-ring (bicyclic) bond motifs is 5. The van der Waals surface area contributed by atoms with Gasteiger partial charge in [0.1, 0.15) is 0 Å². The number of aryl methyl sites for hydroxylation is 1. The second kappa shape index (κ2) is 13.9. The fourth-order valence-electron chi connectivity index (χ4n) is 10.4. The monoisotopic (exact) mass is 822 g/mol. The van der Waals surface area contributed by atoms with Crippen molar-refractivity contribution < 1.29 is 0 Å². The van der Waals surface area contributed by atoms with E-state index >= 15 is 0 Å². The molecule has 0 atom stereocenters. The van der Waals surface area contributed by atoms with Gasteiger partial charge in [-0.1, -0.05) is 162 Å². The molecular formula is C57H64BClN2. The maximum Gasteiger partial charge on any atom is 0.252 e. The predicted molar refractivity (Wildman–Crippen MR) is 267 cm³/mol. The minimum atomic E-state index is -0.126. The first kappa shape index (κ1) is 41.6. The van der Waals surface area contributed by atoms with Crippen LogP contribution in [0.15, 0.2) is 109 Å². The molecule has 6 aromatic carbocycles. The van der Waals surface area contributed by atoms with Crippen LogP contribution in [-0.2, 0) is 27.1 Å². The van der Waals surface area contributed by atoms with E-state index in [1.54, 1.807) is 0 Å². The van der Waals surface area contributed by atoms with Crippen LogP contribution in [0.25, 0.3) is 11.1 Å². The van der Waals surface area contributed by atoms with Crippen molar-refractivity contribution in [2.45, 2.75) is 137 Å². The van der Waals surface area contributed by atoms with Crippen molar-refractivity contribution in [3.05, 3.63) is 148 Å². The van der Waals surface area contributed by atoms with E-state index in [4.69, 9.17) is 11.6 Å². The van der Waals surface area contributed by atoms with E-state index in [2.05, 4.69) is 216 Å². The number of nitrogens with zero attached hydrogens (tertiary/aromatic N) is 2. The Balaban J connectivity index is 1.45. The molecule has 0 bridgehead atoms. The van der Waals surface area contributed by atoms with E-state index in [1.807, 2.05) is 0 Å². The molecular weight excluding hydrogens is 759 g/mol. The average molecular weight is 823 g/mol. The number of anilines is 6. The Morgan fingerprint density at radius 2 is 1.02 bits per heavy atom. The highest BCUT2D eigenvalue weighted by molar-refractivity contribution is 7.00. The summed E-state index contributed by atoms with van der Waals surface area (Å²) in [5.74, 6) is 0. The SMILES string of the molecule is Cc1cc(C(C)(C)C)ccc1N1c2cc(Cl)ccc2B2c3cc4c(cc3N(c3ccc(C(C)(C)C)cc3-c3ccccc3)c3cc(C(C)(C)C)cc1c32)C(C)(C)CCC4(C)C. The molecule has 61 heavy (non-hydrogen) atoms. The van der Waals surface area contributed by atoms with Gasteiger partial charge >= 0.3 is 0 Å². The second-order valence-corrected chi connectivity index (χ2v) is 23.2. The van der Waals surface area contributed by atoms with Crippen LogP contribution in [-0.4, -0.2) is 6.71 Å². The average Bonchev–Trinajstić information content (AvgIpc) is 3.18. The van der Waals surface area contributed by atoms with Crippen LogP contribution >= 0.6 is 11.6 Å². The molecule has 6 aromatic rings. The summed E-state index contributed by atoms with van der Waals surface area (Å²) in [7, 11) is 0. The summed E-state index contributed by atoms with van der Waals surface area (Å²) in [4.78, 5) is 5.21. The Morgan fingerprint density at radius 1 is 0.492 bits per heavy atom. The van der Waals surface area contributed by atoms with Gasteiger partial charge in [0.2, 0.25) is 0 Å². The van der Waals surface area contributed by atoms with Gasteiger partial charge in [-0.25, -0.2) is 0 Å². The van der Waals surface area contributed by atoms with Crippen LogP contribution in [0.2, 0.25) is 5.02 Å². The molecule has 2 heterocycles. The van der Waals surface area contributed by atoms with Crippen LogP contribution in [0.1, 0.15) is 136 Å². The summed E-state index contributed by atoms with van der Waals surface area (Å²) in [6.07, 6.45) is 2.32. The van der Waals surface area contributed by atoms with Crippen molar-refractivity contribution in [2.24, 2.45) is 0 Å². The third-order valence-electron chi connectivity index (χ3n) is 14.4. The number of hydrogen-bond donors (Lipinski definition) is 0. The smallest absolute Gasteiger partial charge is 0.252 e. The molecule has 3 aliphatic rings. The van der Waals surface area contributed by atoms with Crippen molar-refractivity contribution in [2.75, 3.05) is 9.80 Å². The highest BCUT2D eigenvalue weighted by Gasteiger charge is 2.47. The largest absolute Gasteiger partial charge is 0.311 e. The lowest BCUT2D eigenvalue weighted by Gasteiger charge is -2.48. The van der Waals surface area contributed by atoms with Gasteiger partial charge in [0.05, 0.1) is 5.69 Å². The van der Waals surface area contributed by atoms with E-state index in [1.165, 1.54) is 89.3 Å². The molecule has 0 fully saturated rings. The highest BCUT2D eigenvalue weighted by atomic mass is 35.5. The van der Waals surface area contributed by atoms with Crippen LogP contribution in [0.5, 0.6) is 0 Å². The van der Waals surface area contributed by atoms with Gasteiger partial charge < -0.3 is 9.80 Å². The Hall–Kier alpha value is -4.73. The Kier molecular flexibility index (Phi) is 9.48. The third kappa shape index (κ3) is 6.86. The maximum absolute atomic E-state index is 7.07. The lowest BCUT2D eigenvalue weighted by molar-refractivity contribution is 0.332. The zero-order chi connectivity index (χ0) is 43.8. The predicted octanol–water partition coefficient (Wildman–Crippen LogP) is 14.6. The molecule has 9 rings (SSSR count). The molecule has 4 heteroatoms. The first-order valence-electron chi connectivity index (χ1n) is 22.5. The van der Waals surface area contributed by atoms with Gasteiger partial charge in [0.25, 0.3) is 6.71 Å². The fraction of sp³-hybridized carbons (Fsp3) is 0.368. The normalized spacial score (nSPS) is 16.5. The molecule has 0 aromatic heterocycles. The standard InChI is InChI=1S/C57H64BClN2/c1-35-28-37(53(2,3)4)20-24-46(35)60-48-32-40(59)22-23-44(48)58-45-33-42-43(57(13,14)27-26-56(42,11)12)34-49(45)61(51-31-39(55(8,9)10)30-50(60)52(51)58)47-25-21-38(54(5,6)7)29-41(47)36-18-16-15-17-19-36/h15-25,28-34H,26-27H2,1-14H3. The second-order valence-electron chi connectivity index (χ2n) is 22.8. The lowest BCUT2D eigenvalue weighted by Crippen LogP contribution is -2.62. The Labute approximate surface area is 372 Å². The molecule has 0 saturated heterocycles. The molecule has 2 nitrogen and oxygen atoms in total. The third-order valence-corrected chi connectivity index (χ3v) is 14.6. The zero-order valence-corrected chi connectivity index (χ0v) is 39.9. The van der Waals surface area contributed by atoms with E-state index in [0.717, 1.165) is 23.6 Å². The van der Waals surface area contributed by atoms with Crippen molar-refractivity contribution in [3.63, 3.8) is 0 Å².